The lowest BCUT2D eigenvalue weighted by Gasteiger charge is -2.00. The molecule has 1 N–H and O–H groups in total. The molecular weight excluding hydrogens is 342 g/mol. The molecule has 1 aromatic heterocycles. The van der Waals surface area contributed by atoms with E-state index < -0.39 is 0 Å². The second kappa shape index (κ2) is 6.31. The lowest BCUT2D eigenvalue weighted by molar-refractivity contribution is 0.0954. The Kier molecular flexibility index (Phi) is 5.37. The van der Waals surface area contributed by atoms with E-state index in [1.165, 1.54) is 11.3 Å². The minimum atomic E-state index is -0.0678. The second-order valence-electron chi connectivity index (χ2n) is 2.67. The Balaban J connectivity index is 2.52. The fourth-order valence-electron chi connectivity index (χ4n) is 0.954. The maximum Gasteiger partial charge on any atom is 0.253 e. The van der Waals surface area contributed by atoms with Crippen LogP contribution >= 0.6 is 43.2 Å². The molecule has 1 amide bonds. The highest BCUT2D eigenvalue weighted by Crippen LogP contribution is 2.31. The highest BCUT2D eigenvalue weighted by atomic mass is 79.9. The molecule has 0 aliphatic rings. The van der Waals surface area contributed by atoms with Crippen LogP contribution in [0.5, 0.6) is 0 Å². The molecule has 0 fully saturated rings. The van der Waals surface area contributed by atoms with Crippen LogP contribution in [-0.4, -0.2) is 12.5 Å². The summed E-state index contributed by atoms with van der Waals surface area (Å²) in [4.78, 5) is 11.6. The van der Waals surface area contributed by atoms with Gasteiger partial charge in [0.05, 0.1) is 13.1 Å². The van der Waals surface area contributed by atoms with Crippen LogP contribution in [0, 0.1) is 11.8 Å². The van der Waals surface area contributed by atoms with Crippen LogP contribution < -0.4 is 5.32 Å². The van der Waals surface area contributed by atoms with Crippen molar-refractivity contribution in [1.29, 1.82) is 0 Å². The average molecular weight is 351 g/mol. The summed E-state index contributed by atoms with van der Waals surface area (Å²) in [6.45, 7) is 2.37. The van der Waals surface area contributed by atoms with Gasteiger partial charge in [-0.2, -0.15) is 0 Å². The second-order valence-corrected chi connectivity index (χ2v) is 6.42. The van der Waals surface area contributed by atoms with Crippen LogP contribution in [-0.2, 0) is 0 Å². The molecule has 0 atom stereocenters. The predicted octanol–water partition coefficient (Wildman–Crippen LogP) is 3.42. The number of amides is 1. The van der Waals surface area contributed by atoms with E-state index in [1.54, 1.807) is 13.0 Å². The van der Waals surface area contributed by atoms with Gasteiger partial charge < -0.3 is 5.32 Å². The van der Waals surface area contributed by atoms with Gasteiger partial charge in [0.2, 0.25) is 0 Å². The summed E-state index contributed by atoms with van der Waals surface area (Å²) in [7, 11) is 0. The van der Waals surface area contributed by atoms with Gasteiger partial charge in [-0.05, 0) is 44.8 Å². The number of rotatable bonds is 3. The topological polar surface area (TPSA) is 29.1 Å². The van der Waals surface area contributed by atoms with Crippen molar-refractivity contribution >= 4 is 49.1 Å². The van der Waals surface area contributed by atoms with Crippen molar-refractivity contribution in [3.63, 3.8) is 0 Å². The lowest BCUT2D eigenvalue weighted by atomic mass is 10.3. The van der Waals surface area contributed by atoms with E-state index in [0.29, 0.717) is 18.5 Å². The molecule has 0 bridgehead atoms. The predicted molar refractivity (Wildman–Crippen MR) is 70.1 cm³/mol. The Morgan fingerprint density at radius 3 is 2.87 bits per heavy atom. The van der Waals surface area contributed by atoms with E-state index in [2.05, 4.69) is 49.0 Å². The maximum absolute atomic E-state index is 11.6. The van der Waals surface area contributed by atoms with E-state index in [-0.39, 0.29) is 5.91 Å². The zero-order chi connectivity index (χ0) is 11.3. The van der Waals surface area contributed by atoms with Gasteiger partial charge >= 0.3 is 0 Å². The highest BCUT2D eigenvalue weighted by Gasteiger charge is 2.12. The summed E-state index contributed by atoms with van der Waals surface area (Å²) in [6, 6.07) is 1.80. The SMILES string of the molecule is CC#CCCNC(=O)c1cc(Br)sc1Br. The average Bonchev–Trinajstić information content (AvgIpc) is 2.52. The van der Waals surface area contributed by atoms with Crippen LogP contribution in [0.2, 0.25) is 0 Å². The molecule has 1 aromatic rings. The van der Waals surface area contributed by atoms with Crippen molar-refractivity contribution in [2.45, 2.75) is 13.3 Å². The Morgan fingerprint density at radius 2 is 2.33 bits per heavy atom. The molecule has 0 radical (unpaired) electrons. The molecule has 0 saturated heterocycles. The number of halogens is 2. The smallest absolute Gasteiger partial charge is 0.253 e. The van der Waals surface area contributed by atoms with Crippen molar-refractivity contribution in [2.24, 2.45) is 0 Å². The van der Waals surface area contributed by atoms with E-state index in [9.17, 15) is 4.79 Å². The standard InChI is InChI=1S/C10H9Br2NOS/c1-2-3-4-5-13-10(14)7-6-8(11)15-9(7)12/h6H,4-5H2,1H3,(H,13,14). The molecule has 0 aliphatic carbocycles. The molecule has 15 heavy (non-hydrogen) atoms. The Hall–Kier alpha value is -0.310. The number of carbonyl (C=O) groups excluding carboxylic acids is 1. The number of nitrogens with one attached hydrogen (secondary N) is 1. The van der Waals surface area contributed by atoms with Crippen molar-refractivity contribution in [3.05, 3.63) is 19.2 Å². The first-order valence-electron chi connectivity index (χ1n) is 4.27. The van der Waals surface area contributed by atoms with E-state index in [0.717, 1.165) is 7.57 Å². The van der Waals surface area contributed by atoms with Crippen LogP contribution in [0.1, 0.15) is 23.7 Å². The molecule has 1 rings (SSSR count). The van der Waals surface area contributed by atoms with Gasteiger partial charge in [0.1, 0.15) is 0 Å². The van der Waals surface area contributed by atoms with Gasteiger partial charge in [0.15, 0.2) is 0 Å². The molecular formula is C10H9Br2NOS. The van der Waals surface area contributed by atoms with Crippen molar-refractivity contribution in [1.82, 2.24) is 5.32 Å². The number of hydrogen-bond acceptors (Lipinski definition) is 2. The molecule has 80 valence electrons. The van der Waals surface area contributed by atoms with Crippen LogP contribution in [0.3, 0.4) is 0 Å². The molecule has 5 heteroatoms. The Bertz CT molecular complexity index is 417. The summed E-state index contributed by atoms with van der Waals surface area (Å²) in [6.07, 6.45) is 0.686. The first-order valence-corrected chi connectivity index (χ1v) is 6.68. The number of hydrogen-bond donors (Lipinski definition) is 1. The van der Waals surface area contributed by atoms with Gasteiger partial charge in [0.25, 0.3) is 5.91 Å². The van der Waals surface area contributed by atoms with E-state index in [4.69, 9.17) is 0 Å². The molecule has 1 heterocycles. The summed E-state index contributed by atoms with van der Waals surface area (Å²) in [5.41, 5.74) is 0.663. The largest absolute Gasteiger partial charge is 0.351 e. The van der Waals surface area contributed by atoms with Crippen LogP contribution in [0.4, 0.5) is 0 Å². The van der Waals surface area contributed by atoms with Gasteiger partial charge in [0, 0.05) is 13.0 Å². The lowest BCUT2D eigenvalue weighted by Crippen LogP contribution is -2.23. The van der Waals surface area contributed by atoms with Gasteiger partial charge in [-0.3, -0.25) is 4.79 Å². The maximum atomic E-state index is 11.6. The Morgan fingerprint density at radius 1 is 1.60 bits per heavy atom. The van der Waals surface area contributed by atoms with Gasteiger partial charge in [-0.15, -0.1) is 23.2 Å². The monoisotopic (exact) mass is 349 g/mol. The van der Waals surface area contributed by atoms with Gasteiger partial charge in [-0.25, -0.2) is 0 Å². The number of thiophene rings is 1. The van der Waals surface area contributed by atoms with Crippen molar-refractivity contribution < 1.29 is 4.79 Å². The van der Waals surface area contributed by atoms with E-state index in [1.807, 2.05) is 0 Å². The third-order valence-electron chi connectivity index (χ3n) is 1.61. The molecule has 0 aliphatic heterocycles. The zero-order valence-electron chi connectivity index (χ0n) is 8.06. The molecule has 2 nitrogen and oxygen atoms in total. The third-order valence-corrected chi connectivity index (χ3v) is 3.95. The highest BCUT2D eigenvalue weighted by molar-refractivity contribution is 9.12. The molecule has 0 saturated carbocycles. The molecule has 0 unspecified atom stereocenters. The zero-order valence-corrected chi connectivity index (χ0v) is 12.1. The van der Waals surface area contributed by atoms with Crippen LogP contribution in [0.15, 0.2) is 13.6 Å². The quantitative estimate of drug-likeness (QED) is 0.656. The first kappa shape index (κ1) is 12.8. The fourth-order valence-corrected chi connectivity index (χ4v) is 3.75. The first-order chi connectivity index (χ1) is 7.15. The van der Waals surface area contributed by atoms with Crippen molar-refractivity contribution in [2.75, 3.05) is 6.54 Å². The number of carbonyl (C=O) groups is 1. The molecule has 0 aromatic carbocycles. The van der Waals surface area contributed by atoms with Gasteiger partial charge in [-0.1, -0.05) is 0 Å². The van der Waals surface area contributed by atoms with Crippen LogP contribution in [0.25, 0.3) is 0 Å². The summed E-state index contributed by atoms with van der Waals surface area (Å²) in [5.74, 6) is 5.60. The minimum absolute atomic E-state index is 0.0678. The minimum Gasteiger partial charge on any atom is -0.351 e. The molecule has 0 spiro atoms. The summed E-state index contributed by atoms with van der Waals surface area (Å²) < 4.78 is 1.78. The fraction of sp³-hybridized carbons (Fsp3) is 0.300. The normalized spacial score (nSPS) is 9.27. The summed E-state index contributed by atoms with van der Waals surface area (Å²) >= 11 is 8.16. The third kappa shape index (κ3) is 3.98. The Labute approximate surface area is 110 Å². The van der Waals surface area contributed by atoms with E-state index >= 15 is 0 Å². The summed E-state index contributed by atoms with van der Waals surface area (Å²) in [5, 5.41) is 2.80. The van der Waals surface area contributed by atoms with Crippen molar-refractivity contribution in [3.8, 4) is 11.8 Å².